The molecule has 0 saturated heterocycles. The molecule has 0 bridgehead atoms. The van der Waals surface area contributed by atoms with Crippen molar-refractivity contribution >= 4 is 39.8 Å². The van der Waals surface area contributed by atoms with Crippen LogP contribution in [0.15, 0.2) is 16.6 Å². The highest BCUT2D eigenvalue weighted by atomic mass is 79.9. The largest absolute Gasteiger partial charge is 0.469 e. The van der Waals surface area contributed by atoms with Crippen LogP contribution in [0, 0.1) is 0 Å². The van der Waals surface area contributed by atoms with Crippen LogP contribution in [0.4, 0.5) is 0 Å². The summed E-state index contributed by atoms with van der Waals surface area (Å²) in [4.78, 5) is 21.6. The van der Waals surface area contributed by atoms with E-state index in [0.29, 0.717) is 26.9 Å². The molecule has 0 aromatic heterocycles. The van der Waals surface area contributed by atoms with E-state index in [2.05, 4.69) is 20.7 Å². The van der Waals surface area contributed by atoms with Gasteiger partial charge < -0.3 is 4.74 Å². The number of ether oxygens (including phenoxy) is 1. The van der Waals surface area contributed by atoms with Gasteiger partial charge in [-0.1, -0.05) is 27.5 Å². The van der Waals surface area contributed by atoms with Crippen LogP contribution in [0.3, 0.4) is 0 Å². The Morgan fingerprint density at radius 1 is 1.60 bits per heavy atom. The molecule has 3 nitrogen and oxygen atoms in total. The van der Waals surface area contributed by atoms with Crippen molar-refractivity contribution in [1.82, 2.24) is 0 Å². The van der Waals surface area contributed by atoms with Gasteiger partial charge in [0.2, 0.25) is 0 Å². The number of hydrogen-bond donors (Lipinski definition) is 0. The Morgan fingerprint density at radius 3 is 2.80 bits per heavy atom. The van der Waals surface area contributed by atoms with Gasteiger partial charge in [0.05, 0.1) is 13.5 Å². The van der Waals surface area contributed by atoms with Crippen molar-refractivity contribution in [2.45, 2.75) is 6.42 Å². The van der Waals surface area contributed by atoms with Gasteiger partial charge in [0, 0.05) is 15.1 Å². The Bertz CT molecular complexity index is 404. The molecule has 1 aromatic carbocycles. The van der Waals surface area contributed by atoms with Crippen molar-refractivity contribution in [2.75, 3.05) is 7.11 Å². The van der Waals surface area contributed by atoms with Crippen LogP contribution in [0.5, 0.6) is 0 Å². The number of benzene rings is 1. The second-order valence-electron chi connectivity index (χ2n) is 2.84. The molecular weight excluding hydrogens is 283 g/mol. The van der Waals surface area contributed by atoms with E-state index < -0.39 is 0 Å². The van der Waals surface area contributed by atoms with Gasteiger partial charge in [0.1, 0.15) is 0 Å². The number of esters is 1. The summed E-state index contributed by atoms with van der Waals surface area (Å²) in [6.07, 6.45) is 0.783. The summed E-state index contributed by atoms with van der Waals surface area (Å²) >= 11 is 9.10. The zero-order valence-electron chi connectivity index (χ0n) is 7.92. The lowest BCUT2D eigenvalue weighted by Crippen LogP contribution is -2.05. The van der Waals surface area contributed by atoms with Crippen molar-refractivity contribution in [3.63, 3.8) is 0 Å². The molecule has 0 atom stereocenters. The first-order chi connectivity index (χ1) is 7.08. The number of methoxy groups -OCH3 is 1. The molecule has 0 fully saturated rings. The van der Waals surface area contributed by atoms with Gasteiger partial charge in [-0.15, -0.1) is 0 Å². The highest BCUT2D eigenvalue weighted by Crippen LogP contribution is 2.25. The first-order valence-corrected chi connectivity index (χ1v) is 5.25. The first kappa shape index (κ1) is 12.2. The Balaban J connectivity index is 3.05. The second-order valence-corrected chi connectivity index (χ2v) is 4.10. The SMILES string of the molecule is COC(=O)Cc1cc(Br)c(C=O)cc1Cl. The summed E-state index contributed by atoms with van der Waals surface area (Å²) in [6.45, 7) is 0. The fourth-order valence-electron chi connectivity index (χ4n) is 1.06. The average Bonchev–Trinajstić information content (AvgIpc) is 2.22. The maximum atomic E-state index is 11.0. The smallest absolute Gasteiger partial charge is 0.310 e. The van der Waals surface area contributed by atoms with Crippen LogP contribution in [0.1, 0.15) is 15.9 Å². The number of carbonyl (C=O) groups excluding carboxylic acids is 2. The molecule has 0 N–H and O–H groups in total. The van der Waals surface area contributed by atoms with E-state index in [1.807, 2.05) is 0 Å². The Kier molecular flexibility index (Phi) is 4.29. The maximum absolute atomic E-state index is 11.0. The van der Waals surface area contributed by atoms with E-state index in [0.717, 1.165) is 0 Å². The van der Waals surface area contributed by atoms with E-state index in [1.54, 1.807) is 6.07 Å². The molecule has 0 heterocycles. The topological polar surface area (TPSA) is 43.4 Å². The molecule has 0 unspecified atom stereocenters. The molecule has 0 aliphatic rings. The van der Waals surface area contributed by atoms with Crippen LogP contribution in [-0.4, -0.2) is 19.4 Å². The number of carbonyl (C=O) groups is 2. The van der Waals surface area contributed by atoms with E-state index in [4.69, 9.17) is 11.6 Å². The molecule has 0 saturated carbocycles. The molecule has 0 radical (unpaired) electrons. The minimum Gasteiger partial charge on any atom is -0.469 e. The fourth-order valence-corrected chi connectivity index (χ4v) is 1.78. The lowest BCUT2D eigenvalue weighted by Gasteiger charge is -2.05. The van der Waals surface area contributed by atoms with Crippen molar-refractivity contribution in [3.8, 4) is 0 Å². The molecule has 0 aliphatic carbocycles. The molecule has 0 aliphatic heterocycles. The third-order valence-corrected chi connectivity index (χ3v) is 2.89. The number of aldehydes is 1. The molecular formula is C10H8BrClO3. The second kappa shape index (κ2) is 5.28. The predicted octanol–water partition coefficient (Wildman–Crippen LogP) is 2.63. The standard InChI is InChI=1S/C10H8BrClO3/c1-15-10(14)4-6-2-8(11)7(5-13)3-9(6)12/h2-3,5H,4H2,1H3. The molecule has 5 heteroatoms. The van der Waals surface area contributed by atoms with Crippen LogP contribution in [0.2, 0.25) is 5.02 Å². The summed E-state index contributed by atoms with van der Waals surface area (Å²) in [5, 5.41) is 0.380. The molecule has 80 valence electrons. The summed E-state index contributed by atoms with van der Waals surface area (Å²) in [7, 11) is 1.31. The summed E-state index contributed by atoms with van der Waals surface area (Å²) < 4.78 is 5.14. The van der Waals surface area contributed by atoms with Gasteiger partial charge in [-0.05, 0) is 17.7 Å². The van der Waals surface area contributed by atoms with E-state index in [9.17, 15) is 9.59 Å². The van der Waals surface area contributed by atoms with Gasteiger partial charge in [0.15, 0.2) is 6.29 Å². The maximum Gasteiger partial charge on any atom is 0.310 e. The van der Waals surface area contributed by atoms with Gasteiger partial charge in [-0.25, -0.2) is 0 Å². The van der Waals surface area contributed by atoms with Crippen molar-refractivity contribution in [1.29, 1.82) is 0 Å². The van der Waals surface area contributed by atoms with Gasteiger partial charge in [-0.2, -0.15) is 0 Å². The predicted molar refractivity (Wildman–Crippen MR) is 60.3 cm³/mol. The summed E-state index contributed by atoms with van der Waals surface area (Å²) in [6, 6.07) is 3.15. The fraction of sp³-hybridized carbons (Fsp3) is 0.200. The zero-order chi connectivity index (χ0) is 11.4. The minimum absolute atomic E-state index is 0.0903. The highest BCUT2D eigenvalue weighted by molar-refractivity contribution is 9.10. The minimum atomic E-state index is -0.373. The van der Waals surface area contributed by atoms with E-state index in [-0.39, 0.29) is 12.4 Å². The van der Waals surface area contributed by atoms with Crippen LogP contribution in [-0.2, 0) is 16.0 Å². The quantitative estimate of drug-likeness (QED) is 0.635. The number of rotatable bonds is 3. The third-order valence-electron chi connectivity index (χ3n) is 1.86. The molecule has 0 amide bonds. The lowest BCUT2D eigenvalue weighted by atomic mass is 10.1. The van der Waals surface area contributed by atoms with Crippen molar-refractivity contribution in [2.24, 2.45) is 0 Å². The Morgan fingerprint density at radius 2 is 2.27 bits per heavy atom. The highest BCUT2D eigenvalue weighted by Gasteiger charge is 2.10. The average molecular weight is 292 g/mol. The van der Waals surface area contributed by atoms with Crippen LogP contribution >= 0.6 is 27.5 Å². The zero-order valence-corrected chi connectivity index (χ0v) is 10.3. The van der Waals surface area contributed by atoms with Crippen LogP contribution < -0.4 is 0 Å². The molecule has 1 rings (SSSR count). The summed E-state index contributed by atoms with van der Waals surface area (Å²) in [5.41, 5.74) is 1.08. The molecule has 0 spiro atoms. The first-order valence-electron chi connectivity index (χ1n) is 4.08. The van der Waals surface area contributed by atoms with Crippen molar-refractivity contribution in [3.05, 3.63) is 32.8 Å². The number of halogens is 2. The van der Waals surface area contributed by atoms with E-state index >= 15 is 0 Å². The van der Waals surface area contributed by atoms with Gasteiger partial charge >= 0.3 is 5.97 Å². The normalized spacial score (nSPS) is 9.80. The van der Waals surface area contributed by atoms with Gasteiger partial charge in [-0.3, -0.25) is 9.59 Å². The Hall–Kier alpha value is -0.870. The molecule has 15 heavy (non-hydrogen) atoms. The lowest BCUT2D eigenvalue weighted by molar-refractivity contribution is -0.139. The third kappa shape index (κ3) is 3.04. The van der Waals surface area contributed by atoms with Crippen molar-refractivity contribution < 1.29 is 14.3 Å². The molecule has 1 aromatic rings. The van der Waals surface area contributed by atoms with Crippen LogP contribution in [0.25, 0.3) is 0 Å². The Labute approximate surface area is 100 Å². The summed E-state index contributed by atoms with van der Waals surface area (Å²) in [5.74, 6) is -0.373. The van der Waals surface area contributed by atoms with Gasteiger partial charge in [0.25, 0.3) is 0 Å². The number of hydrogen-bond acceptors (Lipinski definition) is 3. The van der Waals surface area contributed by atoms with E-state index in [1.165, 1.54) is 13.2 Å². The monoisotopic (exact) mass is 290 g/mol.